The molecule has 1 aromatic carbocycles. The lowest BCUT2D eigenvalue weighted by molar-refractivity contribution is -0.129. The van der Waals surface area contributed by atoms with E-state index in [4.69, 9.17) is 9.47 Å². The molecule has 1 unspecified atom stereocenters. The van der Waals surface area contributed by atoms with Crippen molar-refractivity contribution in [2.24, 2.45) is 5.92 Å². The molecule has 0 radical (unpaired) electrons. The summed E-state index contributed by atoms with van der Waals surface area (Å²) < 4.78 is 11.0. The Hall–Kier alpha value is -2.24. The highest BCUT2D eigenvalue weighted by atomic mass is 16.6. The van der Waals surface area contributed by atoms with E-state index in [-0.39, 0.29) is 17.7 Å². The third-order valence-electron chi connectivity index (χ3n) is 4.59. The first-order chi connectivity index (χ1) is 11.2. The summed E-state index contributed by atoms with van der Waals surface area (Å²) in [6.07, 6.45) is 2.50. The molecule has 0 aromatic heterocycles. The number of nitrogens with one attached hydrogen (secondary N) is 1. The summed E-state index contributed by atoms with van der Waals surface area (Å²) in [5, 5.41) is 2.93. The van der Waals surface area contributed by atoms with Crippen LogP contribution in [0.15, 0.2) is 18.2 Å². The van der Waals surface area contributed by atoms with Crippen LogP contribution in [0.1, 0.15) is 24.8 Å². The first-order valence-electron chi connectivity index (χ1n) is 8.16. The third kappa shape index (κ3) is 2.98. The number of hydrogen-bond acceptors (Lipinski definition) is 4. The third-order valence-corrected chi connectivity index (χ3v) is 4.59. The summed E-state index contributed by atoms with van der Waals surface area (Å²) >= 11 is 0. The van der Waals surface area contributed by atoms with Crippen molar-refractivity contribution in [2.75, 3.05) is 19.8 Å². The maximum Gasteiger partial charge on any atom is 0.225 e. The van der Waals surface area contributed by atoms with Crippen LogP contribution in [0.2, 0.25) is 0 Å². The Morgan fingerprint density at radius 1 is 1.22 bits per heavy atom. The molecule has 1 saturated heterocycles. The number of carbonyl (C=O) groups is 2. The highest BCUT2D eigenvalue weighted by Crippen LogP contribution is 2.33. The minimum atomic E-state index is -0.222. The van der Waals surface area contributed by atoms with E-state index in [0.717, 1.165) is 29.9 Å². The number of carbonyl (C=O) groups excluding carboxylic acids is 2. The molecule has 2 heterocycles. The lowest BCUT2D eigenvalue weighted by atomic mass is 10.1. The van der Waals surface area contributed by atoms with Gasteiger partial charge in [-0.25, -0.2) is 0 Å². The summed E-state index contributed by atoms with van der Waals surface area (Å²) in [6.45, 7) is 2.11. The molecule has 4 rings (SSSR count). The fourth-order valence-corrected chi connectivity index (χ4v) is 3.18. The predicted octanol–water partition coefficient (Wildman–Crippen LogP) is 1.08. The van der Waals surface area contributed by atoms with E-state index in [1.54, 1.807) is 0 Å². The molecule has 1 aliphatic carbocycles. The molecule has 2 aliphatic heterocycles. The maximum absolute atomic E-state index is 12.3. The van der Waals surface area contributed by atoms with Gasteiger partial charge in [0, 0.05) is 25.6 Å². The van der Waals surface area contributed by atoms with Crippen LogP contribution in [0, 0.1) is 5.92 Å². The number of likely N-dealkylation sites (tertiary alicyclic amines) is 1. The van der Waals surface area contributed by atoms with Gasteiger partial charge in [-0.2, -0.15) is 0 Å². The maximum atomic E-state index is 12.3. The molecule has 6 heteroatoms. The van der Waals surface area contributed by atoms with Gasteiger partial charge in [0.15, 0.2) is 11.5 Å². The van der Waals surface area contributed by atoms with E-state index >= 15 is 0 Å². The number of benzene rings is 1. The van der Waals surface area contributed by atoms with Crippen molar-refractivity contribution in [3.05, 3.63) is 23.8 Å². The fraction of sp³-hybridized carbons (Fsp3) is 0.529. The van der Waals surface area contributed by atoms with Crippen molar-refractivity contribution >= 4 is 11.8 Å². The van der Waals surface area contributed by atoms with E-state index < -0.39 is 0 Å². The number of hydrogen-bond donors (Lipinski definition) is 1. The van der Waals surface area contributed by atoms with Crippen LogP contribution in [0.5, 0.6) is 11.5 Å². The van der Waals surface area contributed by atoms with Crippen LogP contribution in [0.4, 0.5) is 0 Å². The highest BCUT2D eigenvalue weighted by molar-refractivity contribution is 5.89. The zero-order chi connectivity index (χ0) is 15.8. The van der Waals surface area contributed by atoms with Gasteiger partial charge in [-0.05, 0) is 30.5 Å². The number of ether oxygens (including phenoxy) is 2. The monoisotopic (exact) mass is 316 g/mol. The summed E-state index contributed by atoms with van der Waals surface area (Å²) in [5.41, 5.74) is 0.964. The van der Waals surface area contributed by atoms with Gasteiger partial charge in [-0.1, -0.05) is 6.07 Å². The quantitative estimate of drug-likeness (QED) is 0.903. The first-order valence-corrected chi connectivity index (χ1v) is 8.16. The van der Waals surface area contributed by atoms with Crippen LogP contribution in [0.3, 0.4) is 0 Å². The molecule has 2 amide bonds. The van der Waals surface area contributed by atoms with Crippen LogP contribution in [-0.2, 0) is 16.1 Å². The standard InChI is InChI=1S/C17H20N2O4/c20-16-8-12(10-19(16)13-2-3-13)17(21)18-9-11-1-4-14-15(7-11)23-6-5-22-14/h1,4,7,12-13H,2-3,5-6,8-10H2,(H,18,21). The van der Waals surface area contributed by atoms with Crippen molar-refractivity contribution in [3.8, 4) is 11.5 Å². The largest absolute Gasteiger partial charge is 0.486 e. The Morgan fingerprint density at radius 2 is 2.00 bits per heavy atom. The van der Waals surface area contributed by atoms with Gasteiger partial charge in [0.1, 0.15) is 13.2 Å². The van der Waals surface area contributed by atoms with E-state index in [1.165, 1.54) is 0 Å². The van der Waals surface area contributed by atoms with Gasteiger partial charge in [0.2, 0.25) is 11.8 Å². The molecule has 1 N–H and O–H groups in total. The molecule has 3 aliphatic rings. The van der Waals surface area contributed by atoms with Gasteiger partial charge in [-0.3, -0.25) is 9.59 Å². The van der Waals surface area contributed by atoms with Crippen molar-refractivity contribution in [1.82, 2.24) is 10.2 Å². The highest BCUT2D eigenvalue weighted by Gasteiger charge is 2.41. The van der Waals surface area contributed by atoms with Crippen molar-refractivity contribution in [2.45, 2.75) is 31.8 Å². The van der Waals surface area contributed by atoms with Gasteiger partial charge >= 0.3 is 0 Å². The molecular formula is C17H20N2O4. The van der Waals surface area contributed by atoms with Gasteiger partial charge in [-0.15, -0.1) is 0 Å². The van der Waals surface area contributed by atoms with Gasteiger partial charge in [0.05, 0.1) is 5.92 Å². The molecule has 1 aromatic rings. The smallest absolute Gasteiger partial charge is 0.225 e. The van der Waals surface area contributed by atoms with Crippen molar-refractivity contribution < 1.29 is 19.1 Å². The Morgan fingerprint density at radius 3 is 2.78 bits per heavy atom. The molecule has 2 fully saturated rings. The fourth-order valence-electron chi connectivity index (χ4n) is 3.18. The number of nitrogens with zero attached hydrogens (tertiary/aromatic N) is 1. The molecular weight excluding hydrogens is 296 g/mol. The summed E-state index contributed by atoms with van der Waals surface area (Å²) in [5.74, 6) is 1.32. The van der Waals surface area contributed by atoms with Crippen molar-refractivity contribution in [1.29, 1.82) is 0 Å². The SMILES string of the molecule is O=C(NCc1ccc2c(c1)OCCO2)C1CC(=O)N(C2CC2)C1. The van der Waals surface area contributed by atoms with E-state index in [2.05, 4.69) is 5.32 Å². The second-order valence-corrected chi connectivity index (χ2v) is 6.37. The average Bonchev–Trinajstić information content (AvgIpc) is 3.34. The summed E-state index contributed by atoms with van der Waals surface area (Å²) in [7, 11) is 0. The molecule has 0 bridgehead atoms. The Balaban J connectivity index is 1.34. The number of fused-ring (bicyclic) bond motifs is 1. The number of rotatable bonds is 4. The van der Waals surface area contributed by atoms with E-state index in [9.17, 15) is 9.59 Å². The lowest BCUT2D eigenvalue weighted by Crippen LogP contribution is -2.33. The topological polar surface area (TPSA) is 67.9 Å². The molecule has 1 atom stereocenters. The van der Waals surface area contributed by atoms with Gasteiger partial charge < -0.3 is 19.7 Å². The minimum Gasteiger partial charge on any atom is -0.486 e. The zero-order valence-electron chi connectivity index (χ0n) is 12.9. The first kappa shape index (κ1) is 14.4. The summed E-state index contributed by atoms with van der Waals surface area (Å²) in [4.78, 5) is 26.1. The van der Waals surface area contributed by atoms with Crippen LogP contribution in [0.25, 0.3) is 0 Å². The van der Waals surface area contributed by atoms with E-state index in [0.29, 0.717) is 38.8 Å². The second kappa shape index (κ2) is 5.76. The lowest BCUT2D eigenvalue weighted by Gasteiger charge is -2.19. The van der Waals surface area contributed by atoms with Crippen LogP contribution in [-0.4, -0.2) is 42.5 Å². The molecule has 1 saturated carbocycles. The average molecular weight is 316 g/mol. The predicted molar refractivity (Wildman–Crippen MR) is 82.1 cm³/mol. The van der Waals surface area contributed by atoms with E-state index in [1.807, 2.05) is 23.1 Å². The Bertz CT molecular complexity index is 641. The zero-order valence-corrected chi connectivity index (χ0v) is 12.9. The Labute approximate surface area is 134 Å². The summed E-state index contributed by atoms with van der Waals surface area (Å²) in [6, 6.07) is 6.07. The molecule has 0 spiro atoms. The van der Waals surface area contributed by atoms with Crippen molar-refractivity contribution in [3.63, 3.8) is 0 Å². The number of amides is 2. The van der Waals surface area contributed by atoms with Crippen LogP contribution < -0.4 is 14.8 Å². The molecule has 6 nitrogen and oxygen atoms in total. The molecule has 122 valence electrons. The Kier molecular flexibility index (Phi) is 3.59. The van der Waals surface area contributed by atoms with Crippen LogP contribution >= 0.6 is 0 Å². The minimum absolute atomic E-state index is 0.0450. The normalized spacial score (nSPS) is 23.0. The second-order valence-electron chi connectivity index (χ2n) is 6.37. The molecule has 23 heavy (non-hydrogen) atoms. The van der Waals surface area contributed by atoms with Gasteiger partial charge in [0.25, 0.3) is 0 Å².